The number of aryl methyl sites for hydroxylation is 1. The lowest BCUT2D eigenvalue weighted by atomic mass is 10.3. The van der Waals surface area contributed by atoms with Gasteiger partial charge in [-0.15, -0.1) is 5.10 Å². The fourth-order valence-electron chi connectivity index (χ4n) is 3.78. The second-order valence-corrected chi connectivity index (χ2v) is 8.46. The van der Waals surface area contributed by atoms with Gasteiger partial charge in [-0.3, -0.25) is 18.7 Å². The number of rotatable bonds is 5. The third-order valence-electron chi connectivity index (χ3n) is 5.46. The van der Waals surface area contributed by atoms with E-state index in [-0.39, 0.29) is 11.1 Å². The van der Waals surface area contributed by atoms with Gasteiger partial charge in [0.05, 0.1) is 17.1 Å². The van der Waals surface area contributed by atoms with Gasteiger partial charge in [-0.2, -0.15) is 4.68 Å². The van der Waals surface area contributed by atoms with Crippen molar-refractivity contribution in [1.29, 1.82) is 0 Å². The van der Waals surface area contributed by atoms with Gasteiger partial charge in [0.1, 0.15) is 5.65 Å². The van der Waals surface area contributed by atoms with Gasteiger partial charge < -0.3 is 0 Å². The Labute approximate surface area is 192 Å². The van der Waals surface area contributed by atoms with Crippen LogP contribution in [-0.4, -0.2) is 39.0 Å². The Bertz CT molecular complexity index is 1600. The second-order valence-electron chi connectivity index (χ2n) is 7.52. The monoisotopic (exact) mass is 460 g/mol. The van der Waals surface area contributed by atoms with E-state index >= 15 is 0 Å². The SMILES string of the molecule is Cc1c(-n2nnnc2SCc2cc(=O)n3c(C)cccc3n2)c(=O)n(-c2ccccc2)n1C. The molecule has 4 aromatic heterocycles. The van der Waals surface area contributed by atoms with Gasteiger partial charge >= 0.3 is 0 Å². The summed E-state index contributed by atoms with van der Waals surface area (Å²) in [6.45, 7) is 3.71. The summed E-state index contributed by atoms with van der Waals surface area (Å²) in [6.07, 6.45) is 0. The number of hydrogen-bond donors (Lipinski definition) is 0. The molecule has 0 N–H and O–H groups in total. The quantitative estimate of drug-likeness (QED) is 0.370. The van der Waals surface area contributed by atoms with E-state index in [1.165, 1.54) is 22.5 Å². The molecule has 0 saturated carbocycles. The number of benzene rings is 1. The van der Waals surface area contributed by atoms with Crippen LogP contribution in [0.1, 0.15) is 17.1 Å². The molecule has 5 rings (SSSR count). The molecule has 0 bridgehead atoms. The molecular formula is C22H20N8O2S. The van der Waals surface area contributed by atoms with E-state index in [9.17, 15) is 9.59 Å². The number of nitrogens with zero attached hydrogens (tertiary/aromatic N) is 8. The van der Waals surface area contributed by atoms with Crippen molar-refractivity contribution >= 4 is 17.4 Å². The smallest absolute Gasteiger partial charge is 0.283 e. The number of para-hydroxylation sites is 1. The first kappa shape index (κ1) is 20.9. The van der Waals surface area contributed by atoms with E-state index < -0.39 is 0 Å². The Kier molecular flexibility index (Phi) is 5.17. The molecule has 0 fully saturated rings. The van der Waals surface area contributed by atoms with Crippen molar-refractivity contribution in [3.63, 3.8) is 0 Å². The third kappa shape index (κ3) is 3.55. The molecule has 0 spiro atoms. The summed E-state index contributed by atoms with van der Waals surface area (Å²) in [4.78, 5) is 30.5. The molecule has 1 aromatic carbocycles. The summed E-state index contributed by atoms with van der Waals surface area (Å²) in [5, 5.41) is 12.4. The molecule has 0 atom stereocenters. The lowest BCUT2D eigenvalue weighted by Crippen LogP contribution is -2.22. The van der Waals surface area contributed by atoms with Crippen molar-refractivity contribution in [2.45, 2.75) is 24.8 Å². The summed E-state index contributed by atoms with van der Waals surface area (Å²) in [5.41, 5.74) is 3.48. The van der Waals surface area contributed by atoms with E-state index in [0.717, 1.165) is 17.1 Å². The van der Waals surface area contributed by atoms with Crippen molar-refractivity contribution in [1.82, 2.24) is 39.0 Å². The highest BCUT2D eigenvalue weighted by atomic mass is 32.2. The van der Waals surface area contributed by atoms with Gasteiger partial charge in [-0.1, -0.05) is 36.0 Å². The van der Waals surface area contributed by atoms with E-state index in [1.807, 2.05) is 63.4 Å². The highest BCUT2D eigenvalue weighted by molar-refractivity contribution is 7.98. The van der Waals surface area contributed by atoms with Crippen molar-refractivity contribution in [3.8, 4) is 11.4 Å². The predicted molar refractivity (Wildman–Crippen MR) is 124 cm³/mol. The molecule has 11 heteroatoms. The minimum Gasteiger partial charge on any atom is -0.283 e. The first-order valence-corrected chi connectivity index (χ1v) is 11.2. The van der Waals surface area contributed by atoms with E-state index in [0.29, 0.717) is 27.9 Å². The fourth-order valence-corrected chi connectivity index (χ4v) is 4.55. The van der Waals surface area contributed by atoms with Crippen LogP contribution in [0.3, 0.4) is 0 Å². The highest BCUT2D eigenvalue weighted by Crippen LogP contribution is 2.22. The molecule has 10 nitrogen and oxygen atoms in total. The average Bonchev–Trinajstić information content (AvgIpc) is 3.34. The molecule has 0 unspecified atom stereocenters. The lowest BCUT2D eigenvalue weighted by molar-refractivity contribution is 0.630. The van der Waals surface area contributed by atoms with E-state index in [2.05, 4.69) is 20.5 Å². The predicted octanol–water partition coefficient (Wildman–Crippen LogP) is 2.07. The van der Waals surface area contributed by atoms with Gasteiger partial charge in [0, 0.05) is 24.6 Å². The van der Waals surface area contributed by atoms with Gasteiger partial charge in [0.25, 0.3) is 11.1 Å². The summed E-state index contributed by atoms with van der Waals surface area (Å²) < 4.78 is 6.36. The highest BCUT2D eigenvalue weighted by Gasteiger charge is 2.22. The van der Waals surface area contributed by atoms with Crippen LogP contribution < -0.4 is 11.1 Å². The molecule has 0 amide bonds. The Morgan fingerprint density at radius 1 is 1.00 bits per heavy atom. The maximum atomic E-state index is 13.3. The normalized spacial score (nSPS) is 11.4. The molecular weight excluding hydrogens is 440 g/mol. The second kappa shape index (κ2) is 8.17. The van der Waals surface area contributed by atoms with Crippen LogP contribution in [0, 0.1) is 13.8 Å². The van der Waals surface area contributed by atoms with E-state index in [4.69, 9.17) is 0 Å². The molecule has 0 aliphatic heterocycles. The van der Waals surface area contributed by atoms with Crippen molar-refractivity contribution < 1.29 is 0 Å². The molecule has 166 valence electrons. The van der Waals surface area contributed by atoms with Gasteiger partial charge in [0.2, 0.25) is 5.16 Å². The van der Waals surface area contributed by atoms with Gasteiger partial charge in [-0.25, -0.2) is 9.67 Å². The molecule has 0 aliphatic rings. The average molecular weight is 461 g/mol. The van der Waals surface area contributed by atoms with Crippen LogP contribution >= 0.6 is 11.8 Å². The summed E-state index contributed by atoms with van der Waals surface area (Å²) in [7, 11) is 1.82. The van der Waals surface area contributed by atoms with Crippen molar-refractivity contribution in [2.75, 3.05) is 0 Å². The molecule has 5 aromatic rings. The van der Waals surface area contributed by atoms with Crippen LogP contribution in [0.5, 0.6) is 0 Å². The van der Waals surface area contributed by atoms with Gasteiger partial charge in [0.15, 0.2) is 5.69 Å². The van der Waals surface area contributed by atoms with Crippen LogP contribution in [0.25, 0.3) is 17.0 Å². The molecule has 0 saturated heterocycles. The Morgan fingerprint density at radius 2 is 1.79 bits per heavy atom. The largest absolute Gasteiger partial charge is 0.297 e. The zero-order valence-electron chi connectivity index (χ0n) is 18.2. The van der Waals surface area contributed by atoms with Gasteiger partial charge in [-0.05, 0) is 48.5 Å². The molecule has 4 heterocycles. The van der Waals surface area contributed by atoms with Crippen molar-refractivity contribution in [3.05, 3.63) is 92.4 Å². The van der Waals surface area contributed by atoms with Crippen LogP contribution in [0.2, 0.25) is 0 Å². The zero-order valence-corrected chi connectivity index (χ0v) is 19.0. The van der Waals surface area contributed by atoms with Crippen LogP contribution in [0.15, 0.2) is 69.3 Å². The van der Waals surface area contributed by atoms with Crippen LogP contribution in [0.4, 0.5) is 0 Å². The zero-order chi connectivity index (χ0) is 23.1. The third-order valence-corrected chi connectivity index (χ3v) is 6.41. The Balaban J connectivity index is 1.50. The first-order valence-electron chi connectivity index (χ1n) is 10.2. The molecule has 33 heavy (non-hydrogen) atoms. The number of aromatic nitrogens is 8. The Hall–Kier alpha value is -3.99. The number of fused-ring (bicyclic) bond motifs is 1. The van der Waals surface area contributed by atoms with E-state index in [1.54, 1.807) is 19.8 Å². The maximum Gasteiger partial charge on any atom is 0.297 e. The first-order chi connectivity index (χ1) is 16.0. The van der Waals surface area contributed by atoms with Crippen molar-refractivity contribution in [2.24, 2.45) is 7.05 Å². The molecule has 0 aliphatic carbocycles. The summed E-state index contributed by atoms with van der Waals surface area (Å²) in [6, 6.07) is 16.4. The number of thioether (sulfide) groups is 1. The molecule has 0 radical (unpaired) electrons. The van der Waals surface area contributed by atoms with Crippen LogP contribution in [-0.2, 0) is 12.8 Å². The standard InChI is InChI=1S/C22H20N8O2S/c1-14-8-7-11-18-23-16(12-19(31)28(14)18)13-33-22-24-25-26-29(22)20-15(2)27(3)30(21(20)32)17-9-5-4-6-10-17/h4-12H,13H2,1-3H3. The summed E-state index contributed by atoms with van der Waals surface area (Å²) >= 11 is 1.31. The minimum atomic E-state index is -0.229. The number of tetrazole rings is 1. The number of hydrogen-bond acceptors (Lipinski definition) is 7. The maximum absolute atomic E-state index is 13.3. The number of pyridine rings is 1. The topological polar surface area (TPSA) is 105 Å². The lowest BCUT2D eigenvalue weighted by Gasteiger charge is -2.07. The minimum absolute atomic E-state index is 0.141. The fraction of sp³-hybridized carbons (Fsp3) is 0.182. The summed E-state index contributed by atoms with van der Waals surface area (Å²) in [5.74, 6) is 0.374. The Morgan fingerprint density at radius 3 is 2.58 bits per heavy atom.